The molecule has 2 rings (SSSR count). The standard InChI is InChI=1S/C15H16ClNS/c1-12-14(16)8-5-9-15(12)17-10-11-18-13-6-3-2-4-7-13/h2-9,17H,10-11H2,1H3. The Morgan fingerprint density at radius 1 is 1.06 bits per heavy atom. The van der Waals surface area contributed by atoms with Gasteiger partial charge in [-0.3, -0.25) is 0 Å². The summed E-state index contributed by atoms with van der Waals surface area (Å²) in [4.78, 5) is 1.31. The highest BCUT2D eigenvalue weighted by molar-refractivity contribution is 7.99. The van der Waals surface area contributed by atoms with Crippen LogP contribution in [0.15, 0.2) is 53.4 Å². The molecule has 0 aliphatic rings. The summed E-state index contributed by atoms with van der Waals surface area (Å²) in [5.41, 5.74) is 2.24. The van der Waals surface area contributed by atoms with Crippen LogP contribution in [0.1, 0.15) is 5.56 Å². The second-order valence-electron chi connectivity index (χ2n) is 4.00. The zero-order valence-electron chi connectivity index (χ0n) is 10.3. The molecule has 94 valence electrons. The van der Waals surface area contributed by atoms with E-state index >= 15 is 0 Å². The Hall–Kier alpha value is -1.12. The normalized spacial score (nSPS) is 10.3. The minimum Gasteiger partial charge on any atom is -0.384 e. The van der Waals surface area contributed by atoms with Gasteiger partial charge in [-0.25, -0.2) is 0 Å². The first kappa shape index (κ1) is 13.3. The molecule has 18 heavy (non-hydrogen) atoms. The molecule has 0 fully saturated rings. The Balaban J connectivity index is 1.81. The van der Waals surface area contributed by atoms with Crippen molar-refractivity contribution in [2.45, 2.75) is 11.8 Å². The Morgan fingerprint density at radius 2 is 1.83 bits per heavy atom. The predicted molar refractivity (Wildman–Crippen MR) is 81.8 cm³/mol. The van der Waals surface area contributed by atoms with Gasteiger partial charge < -0.3 is 5.32 Å². The molecule has 0 aliphatic heterocycles. The van der Waals surface area contributed by atoms with Crippen molar-refractivity contribution in [2.75, 3.05) is 17.6 Å². The van der Waals surface area contributed by atoms with E-state index in [0.29, 0.717) is 0 Å². The van der Waals surface area contributed by atoms with Crippen LogP contribution < -0.4 is 5.32 Å². The molecule has 0 saturated heterocycles. The highest BCUT2D eigenvalue weighted by Crippen LogP contribution is 2.23. The summed E-state index contributed by atoms with van der Waals surface area (Å²) in [7, 11) is 0. The molecule has 0 unspecified atom stereocenters. The third-order valence-corrected chi connectivity index (χ3v) is 4.12. The van der Waals surface area contributed by atoms with Crippen molar-refractivity contribution in [3.8, 4) is 0 Å². The molecule has 0 amide bonds. The molecule has 0 atom stereocenters. The average Bonchev–Trinajstić information content (AvgIpc) is 2.40. The summed E-state index contributed by atoms with van der Waals surface area (Å²) in [5, 5.41) is 4.23. The van der Waals surface area contributed by atoms with Gasteiger partial charge in [0.2, 0.25) is 0 Å². The Bertz CT molecular complexity index is 499. The van der Waals surface area contributed by atoms with Gasteiger partial charge in [0.1, 0.15) is 0 Å². The van der Waals surface area contributed by atoms with Crippen LogP contribution in [0.4, 0.5) is 5.69 Å². The number of hydrogen-bond acceptors (Lipinski definition) is 2. The van der Waals surface area contributed by atoms with Crippen LogP contribution in [0.2, 0.25) is 5.02 Å². The van der Waals surface area contributed by atoms with Gasteiger partial charge in [-0.05, 0) is 36.8 Å². The van der Waals surface area contributed by atoms with Crippen molar-refractivity contribution in [3.05, 3.63) is 59.1 Å². The SMILES string of the molecule is Cc1c(Cl)cccc1NCCSc1ccccc1. The predicted octanol–water partition coefficient (Wildman–Crippen LogP) is 4.85. The van der Waals surface area contributed by atoms with E-state index in [0.717, 1.165) is 28.6 Å². The van der Waals surface area contributed by atoms with Crippen molar-refractivity contribution in [1.29, 1.82) is 0 Å². The molecule has 0 radical (unpaired) electrons. The maximum absolute atomic E-state index is 6.08. The van der Waals surface area contributed by atoms with Gasteiger partial charge in [0.25, 0.3) is 0 Å². The molecule has 1 N–H and O–H groups in total. The number of anilines is 1. The second-order valence-corrected chi connectivity index (χ2v) is 5.58. The van der Waals surface area contributed by atoms with Gasteiger partial charge >= 0.3 is 0 Å². The topological polar surface area (TPSA) is 12.0 Å². The molecule has 2 aromatic rings. The molecular weight excluding hydrogens is 262 g/mol. The Labute approximate surface area is 118 Å². The summed E-state index contributed by atoms with van der Waals surface area (Å²) >= 11 is 7.93. The van der Waals surface area contributed by atoms with E-state index < -0.39 is 0 Å². The van der Waals surface area contributed by atoms with E-state index in [1.54, 1.807) is 0 Å². The minimum absolute atomic E-state index is 0.815. The Kier molecular flexibility index (Phi) is 4.97. The molecule has 1 nitrogen and oxygen atoms in total. The van der Waals surface area contributed by atoms with Crippen LogP contribution in [0.3, 0.4) is 0 Å². The van der Waals surface area contributed by atoms with Crippen molar-refractivity contribution in [3.63, 3.8) is 0 Å². The van der Waals surface area contributed by atoms with Crippen LogP contribution in [-0.2, 0) is 0 Å². The fourth-order valence-corrected chi connectivity index (χ4v) is 2.63. The van der Waals surface area contributed by atoms with Gasteiger partial charge in [-0.1, -0.05) is 35.9 Å². The van der Waals surface area contributed by atoms with Gasteiger partial charge in [0, 0.05) is 27.9 Å². The van der Waals surface area contributed by atoms with Gasteiger partial charge in [0.05, 0.1) is 0 Å². The number of benzene rings is 2. The molecule has 3 heteroatoms. The molecule has 0 aromatic heterocycles. The molecule has 0 spiro atoms. The quantitative estimate of drug-likeness (QED) is 0.619. The first-order valence-corrected chi connectivity index (χ1v) is 7.30. The van der Waals surface area contributed by atoms with Crippen LogP contribution >= 0.6 is 23.4 Å². The van der Waals surface area contributed by atoms with Crippen LogP contribution in [0, 0.1) is 6.92 Å². The first-order valence-electron chi connectivity index (χ1n) is 5.94. The summed E-state index contributed by atoms with van der Waals surface area (Å²) < 4.78 is 0. The number of thioether (sulfide) groups is 1. The minimum atomic E-state index is 0.815. The van der Waals surface area contributed by atoms with Gasteiger partial charge in [-0.15, -0.1) is 11.8 Å². The van der Waals surface area contributed by atoms with E-state index in [4.69, 9.17) is 11.6 Å². The lowest BCUT2D eigenvalue weighted by atomic mass is 10.2. The smallest absolute Gasteiger partial charge is 0.0455 e. The summed E-state index contributed by atoms with van der Waals surface area (Å²) in [6.07, 6.45) is 0. The molecule has 0 aliphatic carbocycles. The average molecular weight is 278 g/mol. The van der Waals surface area contributed by atoms with Crippen molar-refractivity contribution < 1.29 is 0 Å². The highest BCUT2D eigenvalue weighted by atomic mass is 35.5. The fraction of sp³-hybridized carbons (Fsp3) is 0.200. The third-order valence-electron chi connectivity index (χ3n) is 2.70. The zero-order valence-corrected chi connectivity index (χ0v) is 11.9. The molecule has 2 aromatic carbocycles. The number of nitrogens with one attached hydrogen (secondary N) is 1. The number of hydrogen-bond donors (Lipinski definition) is 1. The lowest BCUT2D eigenvalue weighted by molar-refractivity contribution is 1.21. The largest absolute Gasteiger partial charge is 0.384 e. The van der Waals surface area contributed by atoms with Crippen molar-refractivity contribution >= 4 is 29.1 Å². The lowest BCUT2D eigenvalue weighted by Crippen LogP contribution is -2.05. The number of halogens is 1. The van der Waals surface area contributed by atoms with E-state index in [2.05, 4.69) is 35.6 Å². The number of rotatable bonds is 5. The van der Waals surface area contributed by atoms with Crippen molar-refractivity contribution in [2.24, 2.45) is 0 Å². The van der Waals surface area contributed by atoms with E-state index in [-0.39, 0.29) is 0 Å². The fourth-order valence-electron chi connectivity index (χ4n) is 1.67. The lowest BCUT2D eigenvalue weighted by Gasteiger charge is -2.10. The Morgan fingerprint density at radius 3 is 2.61 bits per heavy atom. The van der Waals surface area contributed by atoms with Gasteiger partial charge in [-0.2, -0.15) is 0 Å². The maximum Gasteiger partial charge on any atom is 0.0455 e. The summed E-state index contributed by atoms with van der Waals surface area (Å²) in [6, 6.07) is 16.4. The summed E-state index contributed by atoms with van der Waals surface area (Å²) in [5.74, 6) is 1.04. The molecular formula is C15H16ClNS. The van der Waals surface area contributed by atoms with E-state index in [1.165, 1.54) is 4.90 Å². The highest BCUT2D eigenvalue weighted by Gasteiger charge is 2.00. The monoisotopic (exact) mass is 277 g/mol. The maximum atomic E-state index is 6.08. The van der Waals surface area contributed by atoms with E-state index in [1.807, 2.05) is 36.9 Å². The van der Waals surface area contributed by atoms with Crippen LogP contribution in [-0.4, -0.2) is 12.3 Å². The van der Waals surface area contributed by atoms with Crippen LogP contribution in [0.25, 0.3) is 0 Å². The van der Waals surface area contributed by atoms with Crippen molar-refractivity contribution in [1.82, 2.24) is 0 Å². The third kappa shape index (κ3) is 3.69. The van der Waals surface area contributed by atoms with Crippen LogP contribution in [0.5, 0.6) is 0 Å². The molecule has 0 saturated carbocycles. The zero-order chi connectivity index (χ0) is 12.8. The molecule has 0 heterocycles. The summed E-state index contributed by atoms with van der Waals surface area (Å²) in [6.45, 7) is 2.97. The first-order chi connectivity index (χ1) is 8.77. The molecule has 0 bridgehead atoms. The van der Waals surface area contributed by atoms with E-state index in [9.17, 15) is 0 Å². The second kappa shape index (κ2) is 6.72. The van der Waals surface area contributed by atoms with Gasteiger partial charge in [0.15, 0.2) is 0 Å².